The Labute approximate surface area is 106 Å². The zero-order valence-electron chi connectivity index (χ0n) is 7.30. The Balaban J connectivity index is 2.84. The minimum atomic E-state index is 0.356. The van der Waals surface area contributed by atoms with Crippen molar-refractivity contribution in [2.45, 2.75) is 0 Å². The highest BCUT2D eigenvalue weighted by Gasteiger charge is 2.02. The summed E-state index contributed by atoms with van der Waals surface area (Å²) in [7, 11) is 1.62. The summed E-state index contributed by atoms with van der Waals surface area (Å²) in [6.45, 7) is 0. The SMILES string of the molecule is COc1cc(NC(=S)NCl)ccc1I. The van der Waals surface area contributed by atoms with Crippen molar-refractivity contribution < 1.29 is 4.74 Å². The third-order valence-electron chi connectivity index (χ3n) is 1.49. The van der Waals surface area contributed by atoms with Crippen LogP contribution in [0.4, 0.5) is 5.69 Å². The van der Waals surface area contributed by atoms with Crippen LogP contribution >= 0.6 is 46.6 Å². The van der Waals surface area contributed by atoms with E-state index in [4.69, 9.17) is 28.7 Å². The molecule has 0 aliphatic carbocycles. The van der Waals surface area contributed by atoms with Crippen molar-refractivity contribution in [3.63, 3.8) is 0 Å². The van der Waals surface area contributed by atoms with Gasteiger partial charge < -0.3 is 10.1 Å². The number of nitrogens with one attached hydrogen (secondary N) is 2. The normalized spacial score (nSPS) is 9.36. The zero-order valence-corrected chi connectivity index (χ0v) is 11.0. The minimum absolute atomic E-state index is 0.356. The molecule has 0 saturated heterocycles. The van der Waals surface area contributed by atoms with Crippen LogP contribution in [0.5, 0.6) is 5.75 Å². The molecule has 0 aliphatic rings. The Hall–Kier alpha value is -0.270. The highest BCUT2D eigenvalue weighted by molar-refractivity contribution is 14.1. The molecule has 6 heteroatoms. The van der Waals surface area contributed by atoms with Gasteiger partial charge in [0.15, 0.2) is 5.11 Å². The number of ether oxygens (including phenoxy) is 1. The molecule has 1 rings (SSSR count). The summed E-state index contributed by atoms with van der Waals surface area (Å²) in [4.78, 5) is 2.32. The maximum atomic E-state index is 5.32. The van der Waals surface area contributed by atoms with E-state index < -0.39 is 0 Å². The number of thiocarbonyl (C=S) groups is 1. The number of anilines is 1. The fourth-order valence-electron chi connectivity index (χ4n) is 0.892. The van der Waals surface area contributed by atoms with Crippen LogP contribution in [0.25, 0.3) is 0 Å². The van der Waals surface area contributed by atoms with Gasteiger partial charge in [-0.1, -0.05) is 0 Å². The van der Waals surface area contributed by atoms with E-state index in [2.05, 4.69) is 32.7 Å². The van der Waals surface area contributed by atoms with Crippen LogP contribution in [0.15, 0.2) is 18.2 Å². The summed E-state index contributed by atoms with van der Waals surface area (Å²) in [6.07, 6.45) is 0. The number of rotatable bonds is 2. The lowest BCUT2D eigenvalue weighted by Gasteiger charge is -2.08. The molecule has 0 aromatic heterocycles. The van der Waals surface area contributed by atoms with Crippen molar-refractivity contribution in [1.29, 1.82) is 0 Å². The number of halogens is 2. The first-order chi connectivity index (χ1) is 6.67. The zero-order chi connectivity index (χ0) is 10.6. The van der Waals surface area contributed by atoms with E-state index in [9.17, 15) is 0 Å². The molecule has 0 saturated carbocycles. The third kappa shape index (κ3) is 3.14. The van der Waals surface area contributed by atoms with Crippen LogP contribution in [0.2, 0.25) is 0 Å². The Bertz CT molecular complexity index is 348. The van der Waals surface area contributed by atoms with Crippen LogP contribution in [-0.4, -0.2) is 12.2 Å². The van der Waals surface area contributed by atoms with Crippen LogP contribution in [0, 0.1) is 3.57 Å². The third-order valence-corrected chi connectivity index (χ3v) is 2.89. The lowest BCUT2D eigenvalue weighted by Crippen LogP contribution is -2.19. The maximum absolute atomic E-state index is 5.32. The van der Waals surface area contributed by atoms with Gasteiger partial charge in [-0.2, -0.15) is 0 Å². The fourth-order valence-corrected chi connectivity index (χ4v) is 1.61. The Morgan fingerprint density at radius 3 is 2.86 bits per heavy atom. The predicted molar refractivity (Wildman–Crippen MR) is 70.9 cm³/mol. The van der Waals surface area contributed by atoms with Gasteiger partial charge in [0.1, 0.15) is 5.75 Å². The van der Waals surface area contributed by atoms with E-state index in [1.807, 2.05) is 18.2 Å². The highest BCUT2D eigenvalue weighted by atomic mass is 127. The lowest BCUT2D eigenvalue weighted by atomic mass is 10.3. The van der Waals surface area contributed by atoms with Gasteiger partial charge in [-0.25, -0.2) is 0 Å². The molecule has 0 fully saturated rings. The van der Waals surface area contributed by atoms with Crippen LogP contribution in [-0.2, 0) is 0 Å². The van der Waals surface area contributed by atoms with Gasteiger partial charge in [0.25, 0.3) is 0 Å². The average molecular weight is 343 g/mol. The van der Waals surface area contributed by atoms with Crippen LogP contribution in [0.1, 0.15) is 0 Å². The smallest absolute Gasteiger partial charge is 0.185 e. The molecule has 14 heavy (non-hydrogen) atoms. The summed E-state index contributed by atoms with van der Waals surface area (Å²) >= 11 is 12.4. The molecule has 0 radical (unpaired) electrons. The van der Waals surface area contributed by atoms with Gasteiger partial charge in [0.2, 0.25) is 0 Å². The molecule has 0 bridgehead atoms. The number of hydrogen-bond acceptors (Lipinski definition) is 2. The Morgan fingerprint density at radius 1 is 1.57 bits per heavy atom. The second-order valence-corrected chi connectivity index (χ2v) is 4.16. The van der Waals surface area contributed by atoms with E-state index in [0.717, 1.165) is 15.0 Å². The molecule has 76 valence electrons. The van der Waals surface area contributed by atoms with E-state index in [1.54, 1.807) is 7.11 Å². The van der Waals surface area contributed by atoms with Gasteiger partial charge in [0, 0.05) is 23.5 Å². The summed E-state index contributed by atoms with van der Waals surface area (Å²) < 4.78 is 6.20. The first-order valence-corrected chi connectivity index (χ1v) is 5.55. The molecular formula is C8H8ClIN2OS. The van der Waals surface area contributed by atoms with Crippen LogP contribution < -0.4 is 14.9 Å². The van der Waals surface area contributed by atoms with Gasteiger partial charge in [-0.3, -0.25) is 4.84 Å². The molecular weight excluding hydrogens is 335 g/mol. The topological polar surface area (TPSA) is 33.3 Å². The molecule has 0 aliphatic heterocycles. The van der Waals surface area contributed by atoms with Crippen LogP contribution in [0.3, 0.4) is 0 Å². The van der Waals surface area contributed by atoms with E-state index in [0.29, 0.717) is 5.11 Å². The molecule has 0 unspecified atom stereocenters. The van der Waals surface area contributed by atoms with Crippen molar-refractivity contribution in [3.8, 4) is 5.75 Å². The predicted octanol–water partition coefficient (Wildman–Crippen LogP) is 2.74. The van der Waals surface area contributed by atoms with Gasteiger partial charge in [-0.15, -0.1) is 0 Å². The monoisotopic (exact) mass is 342 g/mol. The van der Waals surface area contributed by atoms with Crippen molar-refractivity contribution in [1.82, 2.24) is 4.84 Å². The summed E-state index contributed by atoms with van der Waals surface area (Å²) in [5.74, 6) is 0.799. The molecule has 0 amide bonds. The number of benzene rings is 1. The Kier molecular flexibility index (Phi) is 4.70. The lowest BCUT2D eigenvalue weighted by molar-refractivity contribution is 0.412. The quantitative estimate of drug-likeness (QED) is 0.492. The summed E-state index contributed by atoms with van der Waals surface area (Å²) in [5, 5.41) is 3.25. The number of methoxy groups -OCH3 is 1. The van der Waals surface area contributed by atoms with E-state index in [1.165, 1.54) is 0 Å². The molecule has 3 nitrogen and oxygen atoms in total. The Morgan fingerprint density at radius 2 is 2.29 bits per heavy atom. The van der Waals surface area contributed by atoms with Crippen molar-refractivity contribution >= 4 is 57.4 Å². The minimum Gasteiger partial charge on any atom is -0.496 e. The molecule has 0 spiro atoms. The molecule has 0 heterocycles. The van der Waals surface area contributed by atoms with E-state index >= 15 is 0 Å². The summed E-state index contributed by atoms with van der Waals surface area (Å²) in [5.41, 5.74) is 0.834. The van der Waals surface area contributed by atoms with Gasteiger partial charge >= 0.3 is 0 Å². The molecule has 1 aromatic carbocycles. The van der Waals surface area contributed by atoms with E-state index in [-0.39, 0.29) is 0 Å². The van der Waals surface area contributed by atoms with Crippen molar-refractivity contribution in [3.05, 3.63) is 21.8 Å². The van der Waals surface area contributed by atoms with Gasteiger partial charge in [0.05, 0.1) is 10.7 Å². The first kappa shape index (κ1) is 11.8. The largest absolute Gasteiger partial charge is 0.496 e. The highest BCUT2D eigenvalue weighted by Crippen LogP contribution is 2.24. The second kappa shape index (κ2) is 5.57. The maximum Gasteiger partial charge on any atom is 0.185 e. The van der Waals surface area contributed by atoms with Crippen molar-refractivity contribution in [2.24, 2.45) is 0 Å². The molecule has 1 aromatic rings. The standard InChI is InChI=1S/C8H8ClIN2OS/c1-13-7-4-5(2-3-6(7)10)11-8(14)12-9/h2-4H,1H3,(H2,11,12,14). The summed E-state index contributed by atoms with van der Waals surface area (Å²) in [6, 6.07) is 5.67. The second-order valence-electron chi connectivity index (χ2n) is 2.40. The van der Waals surface area contributed by atoms with Gasteiger partial charge in [-0.05, 0) is 46.9 Å². The molecule has 0 atom stereocenters. The molecule has 2 N–H and O–H groups in total. The average Bonchev–Trinajstić information content (AvgIpc) is 2.20. The first-order valence-electron chi connectivity index (χ1n) is 3.68. The fraction of sp³-hybridized carbons (Fsp3) is 0.125. The number of hydrogen-bond donors (Lipinski definition) is 2. The van der Waals surface area contributed by atoms with Crippen molar-refractivity contribution in [2.75, 3.05) is 12.4 Å².